The van der Waals surface area contributed by atoms with Gasteiger partial charge in [-0.05, 0) is 61.1 Å². The predicted molar refractivity (Wildman–Crippen MR) is 134 cm³/mol. The second-order valence-corrected chi connectivity index (χ2v) is 8.08. The number of para-hydroxylation sites is 2. The summed E-state index contributed by atoms with van der Waals surface area (Å²) in [6.45, 7) is 4.16. The fourth-order valence-electron chi connectivity index (χ4n) is 3.39. The van der Waals surface area contributed by atoms with Gasteiger partial charge in [-0.3, -0.25) is 14.4 Å². The Balaban J connectivity index is 1.86. The van der Waals surface area contributed by atoms with Gasteiger partial charge in [-0.15, -0.1) is 0 Å². The highest BCUT2D eigenvalue weighted by Crippen LogP contribution is 2.24. The predicted octanol–water partition coefficient (Wildman–Crippen LogP) is 4.74. The van der Waals surface area contributed by atoms with Gasteiger partial charge < -0.3 is 20.5 Å². The van der Waals surface area contributed by atoms with Gasteiger partial charge in [-0.1, -0.05) is 50.1 Å². The number of aliphatic carboxylic acids is 1. The third-order valence-corrected chi connectivity index (χ3v) is 5.23. The number of unbranched alkanes of at least 4 members (excludes halogenated alkanes) is 2. The van der Waals surface area contributed by atoms with Gasteiger partial charge in [-0.25, -0.2) is 0 Å². The summed E-state index contributed by atoms with van der Waals surface area (Å²) in [4.78, 5) is 34.5. The zero-order valence-electron chi connectivity index (χ0n) is 19.9. The minimum absolute atomic E-state index is 0.154. The second kappa shape index (κ2) is 14.5. The van der Waals surface area contributed by atoms with E-state index in [9.17, 15) is 14.4 Å². The highest BCUT2D eigenvalue weighted by atomic mass is 16.5. The number of ether oxygens (including phenoxy) is 1. The quantitative estimate of drug-likeness (QED) is 0.276. The molecule has 2 aromatic carbocycles. The molecule has 34 heavy (non-hydrogen) atoms. The fourth-order valence-corrected chi connectivity index (χ4v) is 3.39. The second-order valence-electron chi connectivity index (χ2n) is 8.08. The average molecular weight is 467 g/mol. The molecule has 0 fully saturated rings. The SMILES string of the molecule is CCCCCc1ccc(C=CC(=O)Nc2ccccc2OCCCC(=O)NCC(=O)O)cc1C. The summed E-state index contributed by atoms with van der Waals surface area (Å²) < 4.78 is 5.71. The maximum absolute atomic E-state index is 12.5. The first-order valence-electron chi connectivity index (χ1n) is 11.7. The van der Waals surface area contributed by atoms with Crippen molar-refractivity contribution in [2.45, 2.75) is 52.4 Å². The Morgan fingerprint density at radius 2 is 1.85 bits per heavy atom. The van der Waals surface area contributed by atoms with E-state index in [0.717, 1.165) is 12.0 Å². The first-order valence-corrected chi connectivity index (χ1v) is 11.7. The van der Waals surface area contributed by atoms with Crippen LogP contribution in [-0.2, 0) is 20.8 Å². The van der Waals surface area contributed by atoms with E-state index in [1.807, 2.05) is 6.07 Å². The van der Waals surface area contributed by atoms with Crippen molar-refractivity contribution in [2.24, 2.45) is 0 Å². The van der Waals surface area contributed by atoms with E-state index in [1.54, 1.807) is 30.3 Å². The molecule has 2 amide bonds. The van der Waals surface area contributed by atoms with E-state index >= 15 is 0 Å². The molecule has 7 heteroatoms. The van der Waals surface area contributed by atoms with Crippen LogP contribution in [0.4, 0.5) is 5.69 Å². The number of nitrogens with one attached hydrogen (secondary N) is 2. The van der Waals surface area contributed by atoms with Crippen molar-refractivity contribution >= 4 is 29.5 Å². The third-order valence-electron chi connectivity index (χ3n) is 5.23. The van der Waals surface area contributed by atoms with E-state index in [2.05, 4.69) is 36.6 Å². The fraction of sp³-hybridized carbons (Fsp3) is 0.370. The van der Waals surface area contributed by atoms with E-state index < -0.39 is 12.5 Å². The molecule has 0 bridgehead atoms. The van der Waals surface area contributed by atoms with Crippen LogP contribution in [0.5, 0.6) is 5.75 Å². The van der Waals surface area contributed by atoms with E-state index in [4.69, 9.17) is 9.84 Å². The van der Waals surface area contributed by atoms with Gasteiger partial charge in [0.05, 0.1) is 12.3 Å². The van der Waals surface area contributed by atoms with E-state index in [1.165, 1.54) is 36.5 Å². The van der Waals surface area contributed by atoms with Gasteiger partial charge in [-0.2, -0.15) is 0 Å². The molecular weight excluding hydrogens is 432 g/mol. The molecule has 0 aliphatic rings. The molecule has 2 aromatic rings. The van der Waals surface area contributed by atoms with Gasteiger partial charge >= 0.3 is 5.97 Å². The summed E-state index contributed by atoms with van der Waals surface area (Å²) in [5.74, 6) is -1.20. The number of carbonyl (C=O) groups excluding carboxylic acids is 2. The molecular formula is C27H34N2O5. The smallest absolute Gasteiger partial charge is 0.322 e. The molecule has 0 heterocycles. The van der Waals surface area contributed by atoms with Gasteiger partial charge in [0, 0.05) is 12.5 Å². The molecule has 0 saturated heterocycles. The van der Waals surface area contributed by atoms with Crippen molar-refractivity contribution in [3.05, 3.63) is 65.2 Å². The summed E-state index contributed by atoms with van der Waals surface area (Å²) in [6.07, 6.45) is 8.56. The monoisotopic (exact) mass is 466 g/mol. The van der Waals surface area contributed by atoms with Gasteiger partial charge in [0.25, 0.3) is 0 Å². The first kappa shape index (κ1) is 26.6. The minimum atomic E-state index is -1.09. The molecule has 0 atom stereocenters. The van der Waals surface area contributed by atoms with Crippen LogP contribution in [0.25, 0.3) is 6.08 Å². The number of amides is 2. The molecule has 0 aliphatic heterocycles. The van der Waals surface area contributed by atoms with Gasteiger partial charge in [0.1, 0.15) is 12.3 Å². The van der Waals surface area contributed by atoms with Crippen LogP contribution >= 0.6 is 0 Å². The van der Waals surface area contributed by atoms with Crippen LogP contribution in [0, 0.1) is 6.92 Å². The Kier molecular flexibility index (Phi) is 11.4. The topological polar surface area (TPSA) is 105 Å². The van der Waals surface area contributed by atoms with Crippen LogP contribution in [0.3, 0.4) is 0 Å². The summed E-state index contributed by atoms with van der Waals surface area (Å²) in [6, 6.07) is 13.3. The third kappa shape index (κ3) is 9.90. The number of aryl methyl sites for hydroxylation is 2. The number of hydrogen-bond acceptors (Lipinski definition) is 4. The number of benzene rings is 2. The number of carboxylic acid groups (broad SMARTS) is 1. The highest BCUT2D eigenvalue weighted by Gasteiger charge is 2.08. The van der Waals surface area contributed by atoms with E-state index in [-0.39, 0.29) is 24.8 Å². The van der Waals surface area contributed by atoms with Crippen LogP contribution in [-0.4, -0.2) is 36.0 Å². The lowest BCUT2D eigenvalue weighted by atomic mass is 10.00. The van der Waals surface area contributed by atoms with E-state index in [0.29, 0.717) is 17.9 Å². The van der Waals surface area contributed by atoms with Crippen LogP contribution in [0.1, 0.15) is 55.7 Å². The number of anilines is 1. The summed E-state index contributed by atoms with van der Waals surface area (Å²) in [5.41, 5.74) is 4.09. The van der Waals surface area contributed by atoms with Crippen molar-refractivity contribution in [2.75, 3.05) is 18.5 Å². The largest absolute Gasteiger partial charge is 0.491 e. The molecule has 0 spiro atoms. The molecule has 2 rings (SSSR count). The van der Waals surface area contributed by atoms with Crippen molar-refractivity contribution in [1.82, 2.24) is 5.32 Å². The Hall–Kier alpha value is -3.61. The van der Waals surface area contributed by atoms with Crippen molar-refractivity contribution in [1.29, 1.82) is 0 Å². The van der Waals surface area contributed by atoms with Crippen molar-refractivity contribution in [3.8, 4) is 5.75 Å². The number of rotatable bonds is 14. The maximum atomic E-state index is 12.5. The van der Waals surface area contributed by atoms with Gasteiger partial charge in [0.2, 0.25) is 11.8 Å². The molecule has 0 saturated carbocycles. The lowest BCUT2D eigenvalue weighted by molar-refractivity contribution is -0.138. The van der Waals surface area contributed by atoms with Crippen LogP contribution < -0.4 is 15.4 Å². The maximum Gasteiger partial charge on any atom is 0.322 e. The first-order chi connectivity index (χ1) is 16.4. The van der Waals surface area contributed by atoms with Gasteiger partial charge in [0.15, 0.2) is 0 Å². The lowest BCUT2D eigenvalue weighted by Gasteiger charge is -2.11. The molecule has 0 radical (unpaired) electrons. The number of carbonyl (C=O) groups is 3. The van der Waals surface area contributed by atoms with Crippen molar-refractivity contribution < 1.29 is 24.2 Å². The molecule has 0 aromatic heterocycles. The molecule has 0 unspecified atom stereocenters. The Labute approximate surface area is 201 Å². The van der Waals surface area contributed by atoms with Crippen LogP contribution in [0.15, 0.2) is 48.5 Å². The standard InChI is InChI=1S/C27H34N2O5/c1-3-4-5-9-22-15-13-21(18-20(22)2)14-16-26(31)29-23-10-6-7-11-24(23)34-17-8-12-25(30)28-19-27(32)33/h6-7,10-11,13-16,18H,3-5,8-9,12,17,19H2,1-2H3,(H,28,30)(H,29,31)(H,32,33). The number of carboxylic acids is 1. The highest BCUT2D eigenvalue weighted by molar-refractivity contribution is 6.02. The molecule has 3 N–H and O–H groups in total. The average Bonchev–Trinajstić information content (AvgIpc) is 2.81. The Morgan fingerprint density at radius 1 is 1.06 bits per heavy atom. The summed E-state index contributed by atoms with van der Waals surface area (Å²) in [7, 11) is 0. The zero-order chi connectivity index (χ0) is 24.8. The van der Waals surface area contributed by atoms with Crippen molar-refractivity contribution in [3.63, 3.8) is 0 Å². The number of hydrogen-bond donors (Lipinski definition) is 3. The Morgan fingerprint density at radius 3 is 2.59 bits per heavy atom. The molecule has 0 aliphatic carbocycles. The summed E-state index contributed by atoms with van der Waals surface area (Å²) in [5, 5.41) is 13.7. The molecule has 7 nitrogen and oxygen atoms in total. The Bertz CT molecular complexity index is 1000. The lowest BCUT2D eigenvalue weighted by Crippen LogP contribution is -2.29. The van der Waals surface area contributed by atoms with Crippen LogP contribution in [0.2, 0.25) is 0 Å². The zero-order valence-corrected chi connectivity index (χ0v) is 19.9. The normalized spacial score (nSPS) is 10.8. The minimum Gasteiger partial charge on any atom is -0.491 e. The molecule has 182 valence electrons. The summed E-state index contributed by atoms with van der Waals surface area (Å²) >= 11 is 0.